The summed E-state index contributed by atoms with van der Waals surface area (Å²) < 4.78 is 6.71. The highest BCUT2D eigenvalue weighted by Gasteiger charge is 2.69. The van der Waals surface area contributed by atoms with E-state index in [9.17, 15) is 4.79 Å². The van der Waals surface area contributed by atoms with E-state index in [2.05, 4.69) is 78.5 Å². The van der Waals surface area contributed by atoms with Crippen LogP contribution in [0.1, 0.15) is 105 Å². The van der Waals surface area contributed by atoms with Crippen molar-refractivity contribution in [2.45, 2.75) is 112 Å². The minimum atomic E-state index is -0.0938. The Morgan fingerprint density at radius 2 is 1.60 bits per heavy atom. The Hall–Kier alpha value is -1.12. The molecule has 5 aliphatic carbocycles. The lowest BCUT2D eigenvalue weighted by Crippen LogP contribution is -2.66. The van der Waals surface area contributed by atoms with Gasteiger partial charge in [-0.2, -0.15) is 0 Å². The molecule has 0 aromatic heterocycles. The van der Waals surface area contributed by atoms with E-state index in [4.69, 9.17) is 16.3 Å². The van der Waals surface area contributed by atoms with Crippen molar-refractivity contribution < 1.29 is 9.53 Å². The molecule has 0 spiro atoms. The topological polar surface area (TPSA) is 26.3 Å². The molecular formula is C37H53ClO2. The number of benzene rings is 1. The van der Waals surface area contributed by atoms with E-state index >= 15 is 0 Å². The average molecular weight is 565 g/mol. The summed E-state index contributed by atoms with van der Waals surface area (Å²) in [5.74, 6) is 3.62. The lowest BCUT2D eigenvalue weighted by molar-refractivity contribution is -0.246. The largest absolute Gasteiger partial charge is 0.373 e. The maximum absolute atomic E-state index is 12.5. The zero-order valence-corrected chi connectivity index (χ0v) is 26.7. The second-order valence-corrected chi connectivity index (χ2v) is 16.6. The summed E-state index contributed by atoms with van der Waals surface area (Å²) in [6.45, 7) is 20.5. The van der Waals surface area contributed by atoms with Crippen molar-refractivity contribution in [1.82, 2.24) is 0 Å². The van der Waals surface area contributed by atoms with Crippen molar-refractivity contribution in [1.29, 1.82) is 0 Å². The van der Waals surface area contributed by atoms with Crippen molar-refractivity contribution in [2.75, 3.05) is 0 Å². The van der Waals surface area contributed by atoms with Gasteiger partial charge < -0.3 is 4.74 Å². The molecule has 2 nitrogen and oxygen atoms in total. The van der Waals surface area contributed by atoms with Crippen LogP contribution in [0.3, 0.4) is 0 Å². The number of carbonyl (C=O) groups excluding carboxylic acids is 1. The molecule has 1 aromatic carbocycles. The first-order chi connectivity index (χ1) is 18.8. The van der Waals surface area contributed by atoms with Crippen LogP contribution in [0, 0.1) is 63.1 Å². The van der Waals surface area contributed by atoms with Gasteiger partial charge in [0.15, 0.2) is 0 Å². The smallest absolute Gasteiger partial charge is 0.225 e. The summed E-state index contributed by atoms with van der Waals surface area (Å²) in [6, 6.07) is 10.7. The fourth-order valence-corrected chi connectivity index (χ4v) is 12.8. The first kappa shape index (κ1) is 29.0. The molecule has 5 saturated carbocycles. The Morgan fingerprint density at radius 1 is 0.900 bits per heavy atom. The SMILES string of the molecule is C=C(C)[C@@H]1C[C@@H](C(=O)Cl)C2CC[C@]3(C)[C@H](CC[C@@H]4[C@@]5(C)CC[C@H](OCc6ccccc6)C(C)(C)[C@@H]5CC[C@]43C)[C@H]21. The fourth-order valence-electron chi connectivity index (χ4n) is 12.5. The van der Waals surface area contributed by atoms with Gasteiger partial charge in [-0.25, -0.2) is 0 Å². The van der Waals surface area contributed by atoms with Gasteiger partial charge in [0.2, 0.25) is 5.24 Å². The molecule has 0 heterocycles. The predicted octanol–water partition coefficient (Wildman–Crippen LogP) is 9.85. The molecule has 0 N–H and O–H groups in total. The van der Waals surface area contributed by atoms with Crippen LogP contribution in [0.25, 0.3) is 0 Å². The number of hydrogen-bond donors (Lipinski definition) is 0. The summed E-state index contributed by atoms with van der Waals surface area (Å²) in [4.78, 5) is 12.5. The van der Waals surface area contributed by atoms with Gasteiger partial charge in [0.25, 0.3) is 0 Å². The molecule has 40 heavy (non-hydrogen) atoms. The standard InChI is InChI=1S/C37H53ClO2/c1-23(2)26-21-27(33(38)39)25-15-19-36(6)28(32(25)26)13-14-30-35(5)18-17-31(40-22-24-11-9-8-10-12-24)34(3,4)29(35)16-20-37(30,36)7/h8-12,25-32H,1,13-22H2,2-7H3/t25?,26-,27+,28+,29-,30+,31-,32+,35-,36+,37+/m0/s1. The van der Waals surface area contributed by atoms with Crippen LogP contribution in [0.5, 0.6) is 0 Å². The van der Waals surface area contributed by atoms with E-state index in [0.717, 1.165) is 25.4 Å². The Balaban J connectivity index is 1.27. The summed E-state index contributed by atoms with van der Waals surface area (Å²) in [7, 11) is 0. The molecular weight excluding hydrogens is 512 g/mol. The number of halogens is 1. The number of ether oxygens (including phenoxy) is 1. The maximum atomic E-state index is 12.5. The van der Waals surface area contributed by atoms with Crippen LogP contribution in [0.4, 0.5) is 0 Å². The first-order valence-electron chi connectivity index (χ1n) is 16.3. The van der Waals surface area contributed by atoms with Crippen LogP contribution < -0.4 is 0 Å². The van der Waals surface area contributed by atoms with E-state index < -0.39 is 0 Å². The van der Waals surface area contributed by atoms with Gasteiger partial charge in [-0.15, -0.1) is 0 Å². The molecule has 5 fully saturated rings. The van der Waals surface area contributed by atoms with Crippen molar-refractivity contribution in [2.24, 2.45) is 63.1 Å². The molecule has 0 saturated heterocycles. The van der Waals surface area contributed by atoms with Gasteiger partial charge in [0.1, 0.15) is 0 Å². The number of allylic oxidation sites excluding steroid dienone is 1. The Labute approximate surface area is 249 Å². The molecule has 0 aliphatic heterocycles. The fraction of sp³-hybridized carbons (Fsp3) is 0.757. The van der Waals surface area contributed by atoms with Gasteiger partial charge in [0, 0.05) is 5.92 Å². The van der Waals surface area contributed by atoms with Crippen molar-refractivity contribution in [3.63, 3.8) is 0 Å². The summed E-state index contributed by atoms with van der Waals surface area (Å²) >= 11 is 6.23. The molecule has 0 radical (unpaired) electrons. The van der Waals surface area contributed by atoms with E-state index in [1.165, 1.54) is 56.1 Å². The number of fused-ring (bicyclic) bond motifs is 7. The molecule has 5 aliphatic rings. The van der Waals surface area contributed by atoms with E-state index in [-0.39, 0.29) is 16.6 Å². The van der Waals surface area contributed by atoms with Crippen LogP contribution in [-0.4, -0.2) is 11.3 Å². The predicted molar refractivity (Wildman–Crippen MR) is 165 cm³/mol. The van der Waals surface area contributed by atoms with Crippen LogP contribution in [-0.2, 0) is 16.1 Å². The van der Waals surface area contributed by atoms with Gasteiger partial charge in [0.05, 0.1) is 12.7 Å². The van der Waals surface area contributed by atoms with Crippen molar-refractivity contribution in [3.05, 3.63) is 48.0 Å². The van der Waals surface area contributed by atoms with Crippen molar-refractivity contribution in [3.8, 4) is 0 Å². The molecule has 220 valence electrons. The Bertz CT molecular complexity index is 1140. The molecule has 1 unspecified atom stereocenters. The summed E-state index contributed by atoms with van der Waals surface area (Å²) in [5.41, 5.74) is 3.73. The van der Waals surface area contributed by atoms with Gasteiger partial charge in [-0.3, -0.25) is 4.79 Å². The molecule has 11 atom stereocenters. The highest BCUT2D eigenvalue weighted by atomic mass is 35.5. The molecule has 1 aromatic rings. The second kappa shape index (κ2) is 9.97. The third kappa shape index (κ3) is 4.08. The van der Waals surface area contributed by atoms with Crippen LogP contribution >= 0.6 is 11.6 Å². The lowest BCUT2D eigenvalue weighted by atomic mass is 9.33. The molecule has 3 heteroatoms. The molecule has 6 rings (SSSR count). The number of rotatable bonds is 5. The maximum Gasteiger partial charge on any atom is 0.225 e. The van der Waals surface area contributed by atoms with E-state index in [1.807, 2.05) is 0 Å². The van der Waals surface area contributed by atoms with Crippen LogP contribution in [0.2, 0.25) is 0 Å². The molecule has 0 bridgehead atoms. The van der Waals surface area contributed by atoms with E-state index in [0.29, 0.717) is 51.9 Å². The highest BCUT2D eigenvalue weighted by Crippen LogP contribution is 2.76. The lowest BCUT2D eigenvalue weighted by Gasteiger charge is -2.72. The molecule has 0 amide bonds. The monoisotopic (exact) mass is 564 g/mol. The second-order valence-electron chi connectivity index (χ2n) is 16.2. The first-order valence-corrected chi connectivity index (χ1v) is 16.7. The van der Waals surface area contributed by atoms with Gasteiger partial charge in [-0.05, 0) is 139 Å². The average Bonchev–Trinajstić information content (AvgIpc) is 3.29. The van der Waals surface area contributed by atoms with E-state index in [1.54, 1.807) is 0 Å². The van der Waals surface area contributed by atoms with Gasteiger partial charge >= 0.3 is 0 Å². The quantitative estimate of drug-likeness (QED) is 0.263. The zero-order valence-electron chi connectivity index (χ0n) is 26.0. The third-order valence-corrected chi connectivity index (χ3v) is 14.8. The minimum Gasteiger partial charge on any atom is -0.373 e. The summed E-state index contributed by atoms with van der Waals surface area (Å²) in [5, 5.41) is -0.0938. The Kier molecular flexibility index (Phi) is 7.22. The zero-order chi connectivity index (χ0) is 28.7. The normalized spacial score (nSPS) is 47.4. The van der Waals surface area contributed by atoms with Gasteiger partial charge in [-0.1, -0.05) is 77.1 Å². The number of carbonyl (C=O) groups is 1. The van der Waals surface area contributed by atoms with Crippen molar-refractivity contribution >= 4 is 16.8 Å². The third-order valence-electron chi connectivity index (χ3n) is 14.5. The van der Waals surface area contributed by atoms with Crippen LogP contribution in [0.15, 0.2) is 42.5 Å². The number of hydrogen-bond acceptors (Lipinski definition) is 2. The minimum absolute atomic E-state index is 0.0312. The highest BCUT2D eigenvalue weighted by molar-refractivity contribution is 6.64. The summed E-state index contributed by atoms with van der Waals surface area (Å²) in [6.07, 6.45) is 11.4. The Morgan fingerprint density at radius 3 is 2.27 bits per heavy atom.